The number of aryl methyl sites for hydroxylation is 1. The smallest absolute Gasteiger partial charge is 0.307 e. The molecule has 0 spiro atoms. The number of halogens is 1. The molecule has 0 unspecified atom stereocenters. The summed E-state index contributed by atoms with van der Waals surface area (Å²) in [5.74, 6) is -0.817. The van der Waals surface area contributed by atoms with Gasteiger partial charge < -0.3 is 10.1 Å². The Labute approximate surface area is 156 Å². The van der Waals surface area contributed by atoms with Crippen LogP contribution in [0.2, 0.25) is 5.02 Å². The summed E-state index contributed by atoms with van der Waals surface area (Å²) in [6.07, 6.45) is 2.23. The zero-order valence-corrected chi connectivity index (χ0v) is 15.7. The first kappa shape index (κ1) is 19.1. The van der Waals surface area contributed by atoms with Gasteiger partial charge in [0.15, 0.2) is 0 Å². The minimum Gasteiger partial charge on any atom is -0.481 e. The number of aliphatic carboxylic acids is 1. The summed E-state index contributed by atoms with van der Waals surface area (Å²) in [6, 6.07) is 5.40. The quantitative estimate of drug-likeness (QED) is 0.613. The maximum atomic E-state index is 12.3. The summed E-state index contributed by atoms with van der Waals surface area (Å²) in [5.41, 5.74) is 1.67. The summed E-state index contributed by atoms with van der Waals surface area (Å²) in [6.45, 7) is 0.632. The maximum absolute atomic E-state index is 12.3. The number of H-pyrrole nitrogens is 1. The van der Waals surface area contributed by atoms with Gasteiger partial charge in [0, 0.05) is 31.1 Å². The van der Waals surface area contributed by atoms with E-state index in [1.807, 2.05) is 6.07 Å². The number of rotatable bonds is 7. The highest BCUT2D eigenvalue weighted by atomic mass is 35.5. The normalized spacial score (nSPS) is 19.0. The lowest BCUT2D eigenvalue weighted by Gasteiger charge is -2.29. The highest BCUT2D eigenvalue weighted by molar-refractivity contribution is 7.87. The minimum atomic E-state index is -3.66. The molecule has 1 aliphatic rings. The number of nitrogens with one attached hydrogen (secondary N) is 2. The molecular weight excluding hydrogens is 380 g/mol. The van der Waals surface area contributed by atoms with Crippen molar-refractivity contribution in [3.8, 4) is 0 Å². The number of aromatic nitrogens is 2. The first-order valence-electron chi connectivity index (χ1n) is 8.47. The van der Waals surface area contributed by atoms with Gasteiger partial charge in [-0.05, 0) is 37.5 Å². The van der Waals surface area contributed by atoms with Crippen molar-refractivity contribution >= 4 is 38.8 Å². The summed E-state index contributed by atoms with van der Waals surface area (Å²) in [4.78, 5) is 18.7. The van der Waals surface area contributed by atoms with Crippen molar-refractivity contribution in [2.45, 2.75) is 25.7 Å². The first-order chi connectivity index (χ1) is 12.3. The Morgan fingerprint density at radius 1 is 1.46 bits per heavy atom. The van der Waals surface area contributed by atoms with Crippen LogP contribution in [0.5, 0.6) is 0 Å². The summed E-state index contributed by atoms with van der Waals surface area (Å²) in [5, 5.41) is 9.70. The number of hydrogen-bond donors (Lipinski definition) is 3. The monoisotopic (exact) mass is 400 g/mol. The molecule has 1 aliphatic heterocycles. The third kappa shape index (κ3) is 4.53. The van der Waals surface area contributed by atoms with Gasteiger partial charge in [-0.25, -0.2) is 9.71 Å². The molecule has 0 radical (unpaired) electrons. The number of carboxylic acid groups (broad SMARTS) is 1. The molecule has 8 nitrogen and oxygen atoms in total. The molecule has 2 heterocycles. The zero-order valence-electron chi connectivity index (χ0n) is 14.1. The van der Waals surface area contributed by atoms with Crippen LogP contribution in [0.3, 0.4) is 0 Å². The van der Waals surface area contributed by atoms with E-state index < -0.39 is 22.1 Å². The lowest BCUT2D eigenvalue weighted by molar-refractivity contribution is -0.142. The molecule has 1 fully saturated rings. The molecule has 0 saturated carbocycles. The van der Waals surface area contributed by atoms with Crippen molar-refractivity contribution in [1.29, 1.82) is 0 Å². The largest absolute Gasteiger partial charge is 0.481 e. The number of aromatic amines is 1. The van der Waals surface area contributed by atoms with Gasteiger partial charge in [-0.1, -0.05) is 11.6 Å². The SMILES string of the molecule is O=C(O)[C@@H]1CCCN(S(=O)(=O)NCCCc2nc3ccc(Cl)cc3[nH]2)C1. The van der Waals surface area contributed by atoms with Crippen LogP contribution < -0.4 is 4.72 Å². The zero-order chi connectivity index (χ0) is 18.7. The van der Waals surface area contributed by atoms with Crippen LogP contribution in [0, 0.1) is 5.92 Å². The summed E-state index contributed by atoms with van der Waals surface area (Å²) >= 11 is 5.94. The highest BCUT2D eigenvalue weighted by Crippen LogP contribution is 2.19. The second-order valence-electron chi connectivity index (χ2n) is 6.38. The van der Waals surface area contributed by atoms with Gasteiger partial charge in [-0.15, -0.1) is 0 Å². The van der Waals surface area contributed by atoms with Gasteiger partial charge in [0.25, 0.3) is 10.2 Å². The number of nitrogens with zero attached hydrogens (tertiary/aromatic N) is 2. The first-order valence-corrected chi connectivity index (χ1v) is 10.3. The molecule has 2 aromatic rings. The van der Waals surface area contributed by atoms with Crippen molar-refractivity contribution in [3.05, 3.63) is 29.0 Å². The van der Waals surface area contributed by atoms with E-state index in [1.54, 1.807) is 12.1 Å². The van der Waals surface area contributed by atoms with Crippen molar-refractivity contribution < 1.29 is 18.3 Å². The Bertz CT molecular complexity index is 899. The van der Waals surface area contributed by atoms with Crippen LogP contribution >= 0.6 is 11.6 Å². The van der Waals surface area contributed by atoms with E-state index in [0.717, 1.165) is 16.9 Å². The van der Waals surface area contributed by atoms with E-state index >= 15 is 0 Å². The predicted octanol–water partition coefficient (Wildman–Crippen LogP) is 1.78. The highest BCUT2D eigenvalue weighted by Gasteiger charge is 2.31. The fraction of sp³-hybridized carbons (Fsp3) is 0.500. The molecule has 1 aromatic heterocycles. The van der Waals surface area contributed by atoms with Crippen LogP contribution in [-0.2, 0) is 21.4 Å². The number of carbonyl (C=O) groups is 1. The van der Waals surface area contributed by atoms with Crippen LogP contribution in [-0.4, -0.2) is 53.4 Å². The molecule has 0 amide bonds. The van der Waals surface area contributed by atoms with Gasteiger partial charge in [0.2, 0.25) is 0 Å². The Balaban J connectivity index is 1.51. The lowest BCUT2D eigenvalue weighted by atomic mass is 10.0. The molecule has 142 valence electrons. The van der Waals surface area contributed by atoms with E-state index in [9.17, 15) is 13.2 Å². The van der Waals surface area contributed by atoms with E-state index in [4.69, 9.17) is 16.7 Å². The minimum absolute atomic E-state index is 0.0228. The second-order valence-corrected chi connectivity index (χ2v) is 8.57. The van der Waals surface area contributed by atoms with E-state index in [-0.39, 0.29) is 13.1 Å². The van der Waals surface area contributed by atoms with Crippen molar-refractivity contribution in [2.24, 2.45) is 5.92 Å². The molecule has 0 aliphatic carbocycles. The van der Waals surface area contributed by atoms with Gasteiger partial charge in [0.05, 0.1) is 17.0 Å². The Hall–Kier alpha value is -1.68. The average Bonchev–Trinajstić information content (AvgIpc) is 3.00. The van der Waals surface area contributed by atoms with Crippen molar-refractivity contribution in [1.82, 2.24) is 19.0 Å². The van der Waals surface area contributed by atoms with E-state index in [1.165, 1.54) is 4.31 Å². The molecule has 1 atom stereocenters. The van der Waals surface area contributed by atoms with Crippen LogP contribution in [0.25, 0.3) is 11.0 Å². The summed E-state index contributed by atoms with van der Waals surface area (Å²) < 4.78 is 28.4. The number of hydrogen-bond acceptors (Lipinski definition) is 4. The molecule has 26 heavy (non-hydrogen) atoms. The van der Waals surface area contributed by atoms with Crippen LogP contribution in [0.1, 0.15) is 25.1 Å². The number of fused-ring (bicyclic) bond motifs is 1. The predicted molar refractivity (Wildman–Crippen MR) is 98.3 cm³/mol. The van der Waals surface area contributed by atoms with E-state index in [2.05, 4.69) is 14.7 Å². The third-order valence-corrected chi connectivity index (χ3v) is 6.26. The molecule has 0 bridgehead atoms. The lowest BCUT2D eigenvalue weighted by Crippen LogP contribution is -2.47. The van der Waals surface area contributed by atoms with Gasteiger partial charge in [0.1, 0.15) is 5.82 Å². The fourth-order valence-electron chi connectivity index (χ4n) is 3.06. The third-order valence-electron chi connectivity index (χ3n) is 4.44. The molecule has 3 N–H and O–H groups in total. The number of benzene rings is 1. The average molecular weight is 401 g/mol. The fourth-order valence-corrected chi connectivity index (χ4v) is 4.57. The van der Waals surface area contributed by atoms with Crippen LogP contribution in [0.4, 0.5) is 0 Å². The summed E-state index contributed by atoms with van der Waals surface area (Å²) in [7, 11) is -3.66. The van der Waals surface area contributed by atoms with Crippen molar-refractivity contribution in [3.63, 3.8) is 0 Å². The second kappa shape index (κ2) is 7.91. The number of piperidine rings is 1. The molecule has 1 saturated heterocycles. The van der Waals surface area contributed by atoms with Gasteiger partial charge >= 0.3 is 5.97 Å². The Kier molecular flexibility index (Phi) is 5.81. The standard InChI is InChI=1S/C16H21ClN4O4S/c17-12-5-6-13-14(9-12)20-15(19-13)4-1-7-18-26(24,25)21-8-2-3-11(10-21)16(22)23/h5-6,9,11,18H,1-4,7-8,10H2,(H,19,20)(H,22,23)/t11-/m1/s1. The maximum Gasteiger partial charge on any atom is 0.307 e. The molecule has 10 heteroatoms. The number of carboxylic acids is 1. The number of imidazole rings is 1. The topological polar surface area (TPSA) is 115 Å². The van der Waals surface area contributed by atoms with E-state index in [0.29, 0.717) is 37.3 Å². The molecular formula is C16H21ClN4O4S. The van der Waals surface area contributed by atoms with Gasteiger partial charge in [-0.3, -0.25) is 4.79 Å². The molecule has 3 rings (SSSR count). The van der Waals surface area contributed by atoms with Crippen LogP contribution in [0.15, 0.2) is 18.2 Å². The molecule has 1 aromatic carbocycles. The Morgan fingerprint density at radius 3 is 3.04 bits per heavy atom. The Morgan fingerprint density at radius 2 is 2.27 bits per heavy atom. The van der Waals surface area contributed by atoms with Gasteiger partial charge in [-0.2, -0.15) is 12.7 Å². The van der Waals surface area contributed by atoms with Crippen molar-refractivity contribution in [2.75, 3.05) is 19.6 Å².